The highest BCUT2D eigenvalue weighted by Gasteiger charge is 2.23. The van der Waals surface area contributed by atoms with Crippen molar-refractivity contribution in [2.45, 2.75) is 37.4 Å². The number of furan rings is 1. The third kappa shape index (κ3) is 3.44. The largest absolute Gasteiger partial charge is 0.467 e. The van der Waals surface area contributed by atoms with Crippen LogP contribution in [-0.2, 0) is 26.4 Å². The Hall–Kier alpha value is -2.58. The molecular formula is C22H21N3O3S2. The number of hydrogen-bond acceptors (Lipinski definition) is 6. The second kappa shape index (κ2) is 7.92. The summed E-state index contributed by atoms with van der Waals surface area (Å²) in [6.45, 7) is 0.306. The van der Waals surface area contributed by atoms with E-state index in [9.17, 15) is 9.59 Å². The van der Waals surface area contributed by atoms with Crippen molar-refractivity contribution in [2.75, 3.05) is 5.75 Å². The Morgan fingerprint density at radius 2 is 2.13 bits per heavy atom. The number of Topliss-reactive ketones (excluding diaryl/α,β-unsaturated/α-hetero) is 1. The predicted molar refractivity (Wildman–Crippen MR) is 119 cm³/mol. The first kappa shape index (κ1) is 19.4. The lowest BCUT2D eigenvalue weighted by Gasteiger charge is -2.12. The van der Waals surface area contributed by atoms with Gasteiger partial charge in [0.05, 0.1) is 29.6 Å². The zero-order chi connectivity index (χ0) is 20.7. The Bertz CT molecular complexity index is 1280. The zero-order valence-corrected chi connectivity index (χ0v) is 18.2. The second-order valence-corrected chi connectivity index (χ2v) is 9.50. The Kier molecular flexibility index (Phi) is 5.12. The van der Waals surface area contributed by atoms with Gasteiger partial charge >= 0.3 is 0 Å². The summed E-state index contributed by atoms with van der Waals surface area (Å²) in [5.74, 6) is 0.925. The number of thioether (sulfide) groups is 1. The Balaban J connectivity index is 1.56. The third-order valence-electron chi connectivity index (χ3n) is 5.50. The third-order valence-corrected chi connectivity index (χ3v) is 7.66. The number of rotatable bonds is 6. The second-order valence-electron chi connectivity index (χ2n) is 7.47. The number of carbonyl (C=O) groups excluding carboxylic acids is 1. The molecule has 6 nitrogen and oxygen atoms in total. The van der Waals surface area contributed by atoms with E-state index in [0.29, 0.717) is 23.2 Å². The molecule has 0 N–H and O–H groups in total. The molecule has 0 amide bonds. The minimum absolute atomic E-state index is 0.0110. The summed E-state index contributed by atoms with van der Waals surface area (Å²) < 4.78 is 8.96. The number of thiophene rings is 1. The maximum Gasteiger partial charge on any atom is 0.263 e. The van der Waals surface area contributed by atoms with Gasteiger partial charge in [-0.2, -0.15) is 0 Å². The van der Waals surface area contributed by atoms with Crippen LogP contribution in [0.4, 0.5) is 0 Å². The van der Waals surface area contributed by atoms with Gasteiger partial charge in [-0.15, -0.1) is 11.3 Å². The van der Waals surface area contributed by atoms with Gasteiger partial charge in [0, 0.05) is 18.1 Å². The zero-order valence-electron chi connectivity index (χ0n) is 16.6. The standard InChI is InChI=1S/C22H21N3O3S2/c1-24-10-4-8-16(24)17(26)13-29-22-23-20-19(15-7-2-3-9-18(15)30-20)21(27)25(22)12-14-6-5-11-28-14/h4-6,8,10-11H,2-3,7,9,12-13H2,1H3. The average Bonchev–Trinajstić information content (AvgIpc) is 3.48. The van der Waals surface area contributed by atoms with Crippen molar-refractivity contribution in [1.82, 2.24) is 14.1 Å². The number of aromatic nitrogens is 3. The van der Waals surface area contributed by atoms with Crippen molar-refractivity contribution in [3.05, 3.63) is 69.0 Å². The van der Waals surface area contributed by atoms with E-state index in [1.165, 1.54) is 22.2 Å². The lowest BCUT2D eigenvalue weighted by atomic mass is 9.97. The topological polar surface area (TPSA) is 70.0 Å². The quantitative estimate of drug-likeness (QED) is 0.255. The maximum absolute atomic E-state index is 13.5. The molecular weight excluding hydrogens is 418 g/mol. The molecule has 8 heteroatoms. The van der Waals surface area contributed by atoms with Crippen LogP contribution in [0.5, 0.6) is 0 Å². The van der Waals surface area contributed by atoms with E-state index in [1.807, 2.05) is 42.1 Å². The van der Waals surface area contributed by atoms with Crippen LogP contribution in [0.1, 0.15) is 39.5 Å². The molecule has 0 bridgehead atoms. The molecule has 0 saturated carbocycles. The molecule has 4 heterocycles. The van der Waals surface area contributed by atoms with Gasteiger partial charge in [0.25, 0.3) is 5.56 Å². The Labute approximate surface area is 181 Å². The summed E-state index contributed by atoms with van der Waals surface area (Å²) in [5, 5.41) is 1.31. The first-order chi connectivity index (χ1) is 14.6. The van der Waals surface area contributed by atoms with Crippen LogP contribution in [0.3, 0.4) is 0 Å². The van der Waals surface area contributed by atoms with Gasteiger partial charge in [0.2, 0.25) is 0 Å². The number of hydrogen-bond donors (Lipinski definition) is 0. The fraction of sp³-hybridized carbons (Fsp3) is 0.318. The lowest BCUT2D eigenvalue weighted by Crippen LogP contribution is -2.24. The Morgan fingerprint density at radius 1 is 1.27 bits per heavy atom. The highest BCUT2D eigenvalue weighted by molar-refractivity contribution is 7.99. The number of fused-ring (bicyclic) bond motifs is 3. The molecule has 0 unspecified atom stereocenters. The van der Waals surface area contributed by atoms with Crippen LogP contribution >= 0.6 is 23.1 Å². The molecule has 0 aromatic carbocycles. The first-order valence-electron chi connectivity index (χ1n) is 9.96. The molecule has 1 aliphatic carbocycles. The molecule has 4 aromatic heterocycles. The molecule has 4 aromatic rings. The van der Waals surface area contributed by atoms with Crippen LogP contribution in [-0.4, -0.2) is 25.7 Å². The van der Waals surface area contributed by atoms with E-state index >= 15 is 0 Å². The normalized spacial score (nSPS) is 13.6. The van der Waals surface area contributed by atoms with Gasteiger partial charge in [-0.05, 0) is 55.5 Å². The van der Waals surface area contributed by atoms with E-state index in [1.54, 1.807) is 22.2 Å². The maximum atomic E-state index is 13.5. The van der Waals surface area contributed by atoms with Crippen molar-refractivity contribution in [2.24, 2.45) is 7.05 Å². The van der Waals surface area contributed by atoms with Crippen LogP contribution < -0.4 is 5.56 Å². The number of ketones is 1. The molecule has 30 heavy (non-hydrogen) atoms. The van der Waals surface area contributed by atoms with Crippen LogP contribution in [0.25, 0.3) is 10.2 Å². The predicted octanol–water partition coefficient (Wildman–Crippen LogP) is 4.29. The fourth-order valence-corrected chi connectivity index (χ4v) is 6.16. The van der Waals surface area contributed by atoms with Crippen LogP contribution in [0.2, 0.25) is 0 Å². The molecule has 0 aliphatic heterocycles. The SMILES string of the molecule is Cn1cccc1C(=O)CSc1nc2sc3c(c2c(=O)n1Cc1ccco1)CCCC3. The highest BCUT2D eigenvalue weighted by Crippen LogP contribution is 2.35. The molecule has 0 saturated heterocycles. The molecule has 0 spiro atoms. The smallest absolute Gasteiger partial charge is 0.263 e. The number of nitrogens with zero attached hydrogens (tertiary/aromatic N) is 3. The summed E-state index contributed by atoms with van der Waals surface area (Å²) in [6.07, 6.45) is 7.68. The van der Waals surface area contributed by atoms with E-state index in [-0.39, 0.29) is 17.1 Å². The van der Waals surface area contributed by atoms with E-state index in [4.69, 9.17) is 9.40 Å². The van der Waals surface area contributed by atoms with Crippen LogP contribution in [0, 0.1) is 0 Å². The van der Waals surface area contributed by atoms with Crippen molar-refractivity contribution < 1.29 is 9.21 Å². The van der Waals surface area contributed by atoms with Gasteiger partial charge in [-0.3, -0.25) is 14.2 Å². The molecule has 154 valence electrons. The summed E-state index contributed by atoms with van der Waals surface area (Å²) >= 11 is 2.94. The minimum Gasteiger partial charge on any atom is -0.467 e. The monoisotopic (exact) mass is 439 g/mol. The van der Waals surface area contributed by atoms with Crippen molar-refractivity contribution in [3.63, 3.8) is 0 Å². The summed E-state index contributed by atoms with van der Waals surface area (Å²) in [6, 6.07) is 7.32. The summed E-state index contributed by atoms with van der Waals surface area (Å²) in [5.41, 5.74) is 1.78. The van der Waals surface area contributed by atoms with Crippen molar-refractivity contribution >= 4 is 39.1 Å². The van der Waals surface area contributed by atoms with E-state index < -0.39 is 0 Å². The first-order valence-corrected chi connectivity index (χ1v) is 11.8. The molecule has 0 fully saturated rings. The summed E-state index contributed by atoms with van der Waals surface area (Å²) in [7, 11) is 1.85. The fourth-order valence-electron chi connectivity index (χ4n) is 3.98. The van der Waals surface area contributed by atoms with Crippen LogP contribution in [0.15, 0.2) is 51.1 Å². The minimum atomic E-state index is -0.0374. The molecule has 1 aliphatic rings. The van der Waals surface area contributed by atoms with Gasteiger partial charge in [-0.1, -0.05) is 11.8 Å². The molecule has 5 rings (SSSR count). The average molecular weight is 440 g/mol. The van der Waals surface area contributed by atoms with Crippen molar-refractivity contribution in [1.29, 1.82) is 0 Å². The van der Waals surface area contributed by atoms with Gasteiger partial charge in [0.15, 0.2) is 10.9 Å². The van der Waals surface area contributed by atoms with Gasteiger partial charge in [0.1, 0.15) is 10.6 Å². The number of carbonyl (C=O) groups is 1. The molecule has 0 radical (unpaired) electrons. The van der Waals surface area contributed by atoms with Crippen molar-refractivity contribution in [3.8, 4) is 0 Å². The summed E-state index contributed by atoms with van der Waals surface area (Å²) in [4.78, 5) is 33.1. The highest BCUT2D eigenvalue weighted by atomic mass is 32.2. The number of aryl methyl sites for hydroxylation is 3. The van der Waals surface area contributed by atoms with Gasteiger partial charge in [-0.25, -0.2) is 4.98 Å². The lowest BCUT2D eigenvalue weighted by molar-refractivity contribution is 0.101. The van der Waals surface area contributed by atoms with E-state index in [2.05, 4.69) is 0 Å². The van der Waals surface area contributed by atoms with Gasteiger partial charge < -0.3 is 8.98 Å². The molecule has 0 atom stereocenters. The Morgan fingerprint density at radius 3 is 2.90 bits per heavy atom. The van der Waals surface area contributed by atoms with E-state index in [0.717, 1.165) is 35.9 Å².